The summed E-state index contributed by atoms with van der Waals surface area (Å²) < 4.78 is 24.9. The van der Waals surface area contributed by atoms with Gasteiger partial charge < -0.3 is 17.7 Å². The van der Waals surface area contributed by atoms with Crippen molar-refractivity contribution in [2.24, 2.45) is 0 Å². The first-order chi connectivity index (χ1) is 17.8. The largest absolute Gasteiger partial charge is 0.436 e. The lowest BCUT2D eigenvalue weighted by Crippen LogP contribution is -1.75. The van der Waals surface area contributed by atoms with E-state index in [1.165, 1.54) is 0 Å². The molecule has 8 nitrogen and oxygen atoms in total. The van der Waals surface area contributed by atoms with Gasteiger partial charge in [0.1, 0.15) is 22.1 Å². The van der Waals surface area contributed by atoms with E-state index in [9.17, 15) is 0 Å². The van der Waals surface area contributed by atoms with Crippen molar-refractivity contribution in [3.05, 3.63) is 72.8 Å². The average molecular weight is 468 g/mol. The molecule has 0 atom stereocenters. The third kappa shape index (κ3) is 2.27. The van der Waals surface area contributed by atoms with Gasteiger partial charge in [-0.2, -0.15) is 0 Å². The van der Waals surface area contributed by atoms with Crippen LogP contribution in [0.3, 0.4) is 0 Å². The van der Waals surface area contributed by atoms with Crippen molar-refractivity contribution in [2.75, 3.05) is 0 Å². The molecule has 5 aromatic heterocycles. The highest BCUT2D eigenvalue weighted by Gasteiger charge is 2.16. The lowest BCUT2D eigenvalue weighted by Gasteiger charge is -1.90. The van der Waals surface area contributed by atoms with Crippen LogP contribution in [-0.2, 0) is 0 Å². The smallest absolute Gasteiger partial charge is 0.231 e. The third-order valence-corrected chi connectivity index (χ3v) is 6.59. The lowest BCUT2D eigenvalue weighted by molar-refractivity contribution is 0.654. The second-order valence-electron chi connectivity index (χ2n) is 8.69. The summed E-state index contributed by atoms with van der Waals surface area (Å²) in [6.45, 7) is 0. The molecule has 0 saturated carbocycles. The van der Waals surface area contributed by atoms with E-state index in [-0.39, 0.29) is 0 Å². The van der Waals surface area contributed by atoms with Gasteiger partial charge in [0.05, 0.1) is 21.5 Å². The van der Waals surface area contributed by atoms with Crippen LogP contribution < -0.4 is 0 Å². The fourth-order valence-corrected chi connectivity index (χ4v) is 4.94. The third-order valence-electron chi connectivity index (χ3n) is 6.59. The number of hydrogen-bond donors (Lipinski definition) is 0. The lowest BCUT2D eigenvalue weighted by atomic mass is 10.2. The molecule has 0 fully saturated rings. The van der Waals surface area contributed by atoms with Gasteiger partial charge in [-0.05, 0) is 48.5 Å². The molecule has 9 aromatic rings. The minimum Gasteiger partial charge on any atom is -0.436 e. The summed E-state index contributed by atoms with van der Waals surface area (Å²) in [7, 11) is 0. The Morgan fingerprint density at radius 3 is 1.33 bits per heavy atom. The Labute approximate surface area is 199 Å². The minimum atomic E-state index is 0.427. The average Bonchev–Trinajstić information content (AvgIpc) is 3.69. The molecule has 0 N–H and O–H groups in total. The fourth-order valence-electron chi connectivity index (χ4n) is 4.94. The molecule has 8 heteroatoms. The van der Waals surface area contributed by atoms with Gasteiger partial charge in [0.2, 0.25) is 22.9 Å². The first-order valence-electron chi connectivity index (χ1n) is 11.4. The van der Waals surface area contributed by atoms with Crippen molar-refractivity contribution in [3.8, 4) is 0 Å². The number of fused-ring (bicyclic) bond motifs is 8. The quantitative estimate of drug-likeness (QED) is 0.226. The van der Waals surface area contributed by atoms with Gasteiger partial charge in [-0.3, -0.25) is 0 Å². The van der Waals surface area contributed by atoms with Gasteiger partial charge in [0.15, 0.2) is 22.3 Å². The maximum absolute atomic E-state index is 6.32. The van der Waals surface area contributed by atoms with Crippen molar-refractivity contribution < 1.29 is 17.7 Å². The number of oxazole rings is 4. The van der Waals surface area contributed by atoms with Crippen LogP contribution in [-0.4, -0.2) is 19.9 Å². The Kier molecular flexibility index (Phi) is 3.15. The number of hydrogen-bond acceptors (Lipinski definition) is 8. The molecule has 0 unspecified atom stereocenters. The summed E-state index contributed by atoms with van der Waals surface area (Å²) in [5, 5.41) is 2.88. The van der Waals surface area contributed by atoms with Crippen LogP contribution in [0.4, 0.5) is 0 Å². The summed E-state index contributed by atoms with van der Waals surface area (Å²) >= 11 is 0. The zero-order valence-corrected chi connectivity index (χ0v) is 18.4. The zero-order chi connectivity index (χ0) is 23.4. The minimum absolute atomic E-state index is 0.427. The van der Waals surface area contributed by atoms with E-state index in [2.05, 4.69) is 0 Å². The predicted octanol–water partition coefficient (Wildman–Crippen LogP) is 7.43. The van der Waals surface area contributed by atoms with E-state index in [0.717, 1.165) is 16.2 Å². The van der Waals surface area contributed by atoms with Crippen molar-refractivity contribution in [3.63, 3.8) is 0 Å². The highest BCUT2D eigenvalue weighted by atomic mass is 16.4. The summed E-state index contributed by atoms with van der Waals surface area (Å²) in [5.74, 6) is 0. The van der Waals surface area contributed by atoms with Crippen molar-refractivity contribution in [1.82, 2.24) is 19.9 Å². The highest BCUT2D eigenvalue weighted by Crippen LogP contribution is 2.34. The number of nitrogens with zero attached hydrogens (tertiary/aromatic N) is 4. The van der Waals surface area contributed by atoms with E-state index in [0.29, 0.717) is 72.6 Å². The Morgan fingerprint density at radius 1 is 0.389 bits per heavy atom. The second kappa shape index (κ2) is 6.25. The molecule has 0 amide bonds. The number of para-hydroxylation sites is 4. The SMILES string of the molecule is c1cc2oc3nc2c(c1)c1nc2c(cccc2c2nc4cccc(c5nc6c(cccc36)o5)c4o2)o1. The molecule has 9 rings (SSSR count). The summed E-state index contributed by atoms with van der Waals surface area (Å²) in [6.07, 6.45) is 0. The van der Waals surface area contributed by atoms with Crippen LogP contribution in [0.1, 0.15) is 0 Å². The molecule has 168 valence electrons. The molecule has 0 aliphatic heterocycles. The predicted molar refractivity (Wildman–Crippen MR) is 136 cm³/mol. The van der Waals surface area contributed by atoms with E-state index in [1.54, 1.807) is 0 Å². The molecule has 0 spiro atoms. The molecule has 0 aliphatic carbocycles. The van der Waals surface area contributed by atoms with Crippen LogP contribution in [0, 0.1) is 0 Å². The van der Waals surface area contributed by atoms with Crippen LogP contribution in [0.25, 0.3) is 88.8 Å². The van der Waals surface area contributed by atoms with Crippen LogP contribution in [0.5, 0.6) is 0 Å². The zero-order valence-electron chi connectivity index (χ0n) is 18.4. The fraction of sp³-hybridized carbons (Fsp3) is 0. The molecule has 8 bridgehead atoms. The summed E-state index contributed by atoms with van der Waals surface area (Å²) in [6, 6.07) is 22.8. The molecule has 36 heavy (non-hydrogen) atoms. The Hall–Kier alpha value is -5.24. The maximum Gasteiger partial charge on any atom is 0.231 e. The Morgan fingerprint density at radius 2 is 0.806 bits per heavy atom. The molecule has 4 aromatic carbocycles. The van der Waals surface area contributed by atoms with E-state index in [4.69, 9.17) is 37.6 Å². The second-order valence-corrected chi connectivity index (χ2v) is 8.69. The summed E-state index contributed by atoms with van der Waals surface area (Å²) in [4.78, 5) is 19.3. The number of rotatable bonds is 0. The van der Waals surface area contributed by atoms with Crippen molar-refractivity contribution in [2.45, 2.75) is 0 Å². The van der Waals surface area contributed by atoms with Gasteiger partial charge >= 0.3 is 0 Å². The van der Waals surface area contributed by atoms with Gasteiger partial charge in [-0.25, -0.2) is 19.9 Å². The maximum atomic E-state index is 6.32. The van der Waals surface area contributed by atoms with Crippen molar-refractivity contribution >= 4 is 88.8 Å². The summed E-state index contributed by atoms with van der Waals surface area (Å²) in [5.41, 5.74) is 6.82. The van der Waals surface area contributed by atoms with Crippen LogP contribution in [0.2, 0.25) is 0 Å². The van der Waals surface area contributed by atoms with Gasteiger partial charge in [-0.15, -0.1) is 0 Å². The highest BCUT2D eigenvalue weighted by molar-refractivity contribution is 6.09. The molecule has 0 aliphatic rings. The topological polar surface area (TPSA) is 104 Å². The monoisotopic (exact) mass is 468 g/mol. The normalized spacial score (nSPS) is 12.4. The molecular weight excluding hydrogens is 456 g/mol. The molecule has 5 heterocycles. The van der Waals surface area contributed by atoms with E-state index in [1.807, 2.05) is 72.8 Å². The first kappa shape index (κ1) is 18.1. The van der Waals surface area contributed by atoms with Crippen LogP contribution >= 0.6 is 0 Å². The van der Waals surface area contributed by atoms with Crippen LogP contribution in [0.15, 0.2) is 90.5 Å². The van der Waals surface area contributed by atoms with Gasteiger partial charge in [0, 0.05) is 0 Å². The van der Waals surface area contributed by atoms with E-state index < -0.39 is 0 Å². The molecular formula is C28H12N4O4. The number of aromatic nitrogens is 4. The molecule has 0 saturated heterocycles. The standard InChI is InChI=1S/C28H12N4O4/c1-8-16-24-17(9-1)29-25(36-24)13-5-2-10-18-21(13)30-26(33-18)14-6-3-11-19-22(14)31-27(34-19)15-7-4-12-20-23(15)32-28(16)35-20/h1-12H. The molecule has 0 radical (unpaired) electrons. The van der Waals surface area contributed by atoms with E-state index >= 15 is 0 Å². The number of benzene rings is 4. The van der Waals surface area contributed by atoms with Crippen molar-refractivity contribution in [1.29, 1.82) is 0 Å². The first-order valence-corrected chi connectivity index (χ1v) is 11.4. The van der Waals surface area contributed by atoms with Gasteiger partial charge in [-0.1, -0.05) is 24.3 Å². The Balaban J connectivity index is 1.64. The Bertz CT molecular complexity index is 2050. The van der Waals surface area contributed by atoms with Gasteiger partial charge in [0.25, 0.3) is 0 Å².